The fourth-order valence-electron chi connectivity index (χ4n) is 4.41. The molecule has 0 saturated heterocycles. The van der Waals surface area contributed by atoms with E-state index in [4.69, 9.17) is 0 Å². The molecule has 0 saturated carbocycles. The first-order chi connectivity index (χ1) is 15.6. The topological polar surface area (TPSA) is 29.1 Å². The van der Waals surface area contributed by atoms with Gasteiger partial charge < -0.3 is 5.32 Å². The number of anilines is 1. The van der Waals surface area contributed by atoms with E-state index >= 15 is 0 Å². The standard InChI is InChI=1S/C30H39NO/c1-4-6-8-12-24-16-20-27(21-17-24)31-30(32)23(3)22-26-19-18-25(13-9-7-5-2)28-14-10-11-15-29(26)28/h10-11,14-21,23H,4-9,12-13,22H2,1-3H3,(H,31,32)/t23-/m0/s1. The Morgan fingerprint density at radius 1 is 0.750 bits per heavy atom. The Labute approximate surface area is 194 Å². The monoisotopic (exact) mass is 429 g/mol. The smallest absolute Gasteiger partial charge is 0.227 e. The van der Waals surface area contributed by atoms with Gasteiger partial charge in [0, 0.05) is 11.6 Å². The number of aryl methyl sites for hydroxylation is 2. The maximum Gasteiger partial charge on any atom is 0.227 e. The molecule has 2 heteroatoms. The van der Waals surface area contributed by atoms with Gasteiger partial charge in [-0.2, -0.15) is 0 Å². The number of nitrogens with one attached hydrogen (secondary N) is 1. The minimum absolute atomic E-state index is 0.0832. The third-order valence-corrected chi connectivity index (χ3v) is 6.42. The van der Waals surface area contributed by atoms with E-state index in [2.05, 4.69) is 67.7 Å². The van der Waals surface area contributed by atoms with E-state index in [9.17, 15) is 4.79 Å². The van der Waals surface area contributed by atoms with E-state index in [1.54, 1.807) is 0 Å². The summed E-state index contributed by atoms with van der Waals surface area (Å²) in [5.74, 6) is -0.00610. The fraction of sp³-hybridized carbons (Fsp3) is 0.433. The summed E-state index contributed by atoms with van der Waals surface area (Å²) in [6.07, 6.45) is 10.5. The molecule has 0 bridgehead atoms. The molecule has 0 aromatic heterocycles. The van der Waals surface area contributed by atoms with Crippen LogP contribution in [0.4, 0.5) is 5.69 Å². The summed E-state index contributed by atoms with van der Waals surface area (Å²) in [7, 11) is 0. The van der Waals surface area contributed by atoms with Gasteiger partial charge in [0.05, 0.1) is 0 Å². The molecule has 2 nitrogen and oxygen atoms in total. The van der Waals surface area contributed by atoms with Crippen molar-refractivity contribution in [2.75, 3.05) is 5.32 Å². The maximum absolute atomic E-state index is 12.9. The van der Waals surface area contributed by atoms with Crippen LogP contribution < -0.4 is 5.32 Å². The molecule has 170 valence electrons. The first-order valence-corrected chi connectivity index (χ1v) is 12.5. The molecule has 0 spiro atoms. The second kappa shape index (κ2) is 12.4. The second-order valence-electron chi connectivity index (χ2n) is 9.13. The third-order valence-electron chi connectivity index (χ3n) is 6.42. The molecule has 0 aliphatic carbocycles. The summed E-state index contributed by atoms with van der Waals surface area (Å²) in [6, 6.07) is 21.5. The van der Waals surface area contributed by atoms with Crippen LogP contribution >= 0.6 is 0 Å². The molecule has 32 heavy (non-hydrogen) atoms. The Kier molecular flexibility index (Phi) is 9.34. The van der Waals surface area contributed by atoms with Crippen molar-refractivity contribution in [3.8, 4) is 0 Å². The molecule has 0 unspecified atom stereocenters. The predicted octanol–water partition coefficient (Wildman–Crippen LogP) is 8.12. The minimum atomic E-state index is -0.0893. The van der Waals surface area contributed by atoms with Gasteiger partial charge in [-0.05, 0) is 71.7 Å². The van der Waals surface area contributed by atoms with Gasteiger partial charge in [0.2, 0.25) is 5.91 Å². The molecule has 3 aromatic rings. The van der Waals surface area contributed by atoms with Crippen LogP contribution in [-0.4, -0.2) is 5.91 Å². The average Bonchev–Trinajstić information content (AvgIpc) is 2.81. The molecule has 3 rings (SSSR count). The third kappa shape index (κ3) is 6.69. The van der Waals surface area contributed by atoms with Gasteiger partial charge in [0.1, 0.15) is 0 Å². The summed E-state index contributed by atoms with van der Waals surface area (Å²) in [4.78, 5) is 12.9. The lowest BCUT2D eigenvalue weighted by atomic mass is 9.91. The SMILES string of the molecule is CCCCCc1ccc(NC(=O)[C@@H](C)Cc2ccc(CCCCC)c3ccccc23)cc1. The number of benzene rings is 3. The summed E-state index contributed by atoms with van der Waals surface area (Å²) in [5, 5.41) is 5.74. The van der Waals surface area contributed by atoms with E-state index in [1.807, 2.05) is 19.1 Å². The summed E-state index contributed by atoms with van der Waals surface area (Å²) in [5.41, 5.74) is 4.91. The number of amides is 1. The average molecular weight is 430 g/mol. The molecule has 0 aliphatic rings. The first kappa shape index (κ1) is 24.0. The van der Waals surface area contributed by atoms with Crippen molar-refractivity contribution >= 4 is 22.4 Å². The van der Waals surface area contributed by atoms with Crippen molar-refractivity contribution in [1.82, 2.24) is 0 Å². The summed E-state index contributed by atoms with van der Waals surface area (Å²) in [6.45, 7) is 6.50. The van der Waals surface area contributed by atoms with Gasteiger partial charge in [0.15, 0.2) is 0 Å². The van der Waals surface area contributed by atoms with E-state index < -0.39 is 0 Å². The number of hydrogen-bond acceptors (Lipinski definition) is 1. The molecule has 0 aliphatic heterocycles. The lowest BCUT2D eigenvalue weighted by molar-refractivity contribution is -0.119. The Morgan fingerprint density at radius 3 is 2.00 bits per heavy atom. The normalized spacial score (nSPS) is 12.1. The zero-order valence-corrected chi connectivity index (χ0v) is 20.1. The molecule has 3 aromatic carbocycles. The first-order valence-electron chi connectivity index (χ1n) is 12.5. The Morgan fingerprint density at radius 2 is 1.34 bits per heavy atom. The van der Waals surface area contributed by atoms with Crippen molar-refractivity contribution in [3.63, 3.8) is 0 Å². The van der Waals surface area contributed by atoms with E-state index in [0.29, 0.717) is 0 Å². The predicted molar refractivity (Wildman–Crippen MR) is 138 cm³/mol. The summed E-state index contributed by atoms with van der Waals surface area (Å²) < 4.78 is 0. The Hall–Kier alpha value is -2.61. The lowest BCUT2D eigenvalue weighted by Gasteiger charge is -2.16. The quantitative estimate of drug-likeness (QED) is 0.289. The molecular formula is C30H39NO. The van der Waals surface area contributed by atoms with E-state index in [0.717, 1.165) is 24.9 Å². The van der Waals surface area contributed by atoms with Crippen LogP contribution in [0.15, 0.2) is 60.7 Å². The highest BCUT2D eigenvalue weighted by Gasteiger charge is 2.16. The van der Waals surface area contributed by atoms with Gasteiger partial charge in [-0.15, -0.1) is 0 Å². The number of carbonyl (C=O) groups excluding carboxylic acids is 1. The van der Waals surface area contributed by atoms with Gasteiger partial charge >= 0.3 is 0 Å². The molecule has 0 fully saturated rings. The second-order valence-corrected chi connectivity index (χ2v) is 9.13. The van der Waals surface area contributed by atoms with Crippen molar-refractivity contribution in [1.29, 1.82) is 0 Å². The zero-order valence-electron chi connectivity index (χ0n) is 20.1. The minimum Gasteiger partial charge on any atom is -0.326 e. The number of fused-ring (bicyclic) bond motifs is 1. The van der Waals surface area contributed by atoms with E-state index in [1.165, 1.54) is 66.0 Å². The van der Waals surface area contributed by atoms with Crippen LogP contribution in [-0.2, 0) is 24.1 Å². The highest BCUT2D eigenvalue weighted by Crippen LogP contribution is 2.26. The fourth-order valence-corrected chi connectivity index (χ4v) is 4.41. The highest BCUT2D eigenvalue weighted by atomic mass is 16.1. The zero-order chi connectivity index (χ0) is 22.8. The van der Waals surface area contributed by atoms with Gasteiger partial charge in [-0.3, -0.25) is 4.79 Å². The molecule has 1 N–H and O–H groups in total. The Balaban J connectivity index is 1.64. The molecule has 0 heterocycles. The summed E-state index contributed by atoms with van der Waals surface area (Å²) >= 11 is 0. The van der Waals surface area contributed by atoms with Crippen LogP contribution in [0.1, 0.15) is 76.0 Å². The van der Waals surface area contributed by atoms with Crippen LogP contribution in [0.2, 0.25) is 0 Å². The van der Waals surface area contributed by atoms with Crippen molar-refractivity contribution < 1.29 is 4.79 Å². The van der Waals surface area contributed by atoms with Gasteiger partial charge in [-0.25, -0.2) is 0 Å². The van der Waals surface area contributed by atoms with Crippen LogP contribution in [0.25, 0.3) is 10.8 Å². The van der Waals surface area contributed by atoms with Crippen LogP contribution in [0.3, 0.4) is 0 Å². The van der Waals surface area contributed by atoms with Crippen LogP contribution in [0, 0.1) is 5.92 Å². The molecular weight excluding hydrogens is 390 g/mol. The number of unbranched alkanes of at least 4 members (excludes halogenated alkanes) is 4. The van der Waals surface area contributed by atoms with E-state index in [-0.39, 0.29) is 11.8 Å². The number of hydrogen-bond donors (Lipinski definition) is 1. The van der Waals surface area contributed by atoms with Crippen molar-refractivity contribution in [3.05, 3.63) is 77.4 Å². The van der Waals surface area contributed by atoms with Gasteiger partial charge in [0.25, 0.3) is 0 Å². The maximum atomic E-state index is 12.9. The largest absolute Gasteiger partial charge is 0.326 e. The molecule has 1 amide bonds. The number of carbonyl (C=O) groups is 1. The van der Waals surface area contributed by atoms with Crippen molar-refractivity contribution in [2.45, 2.75) is 78.6 Å². The molecule has 1 atom stereocenters. The van der Waals surface area contributed by atoms with Crippen LogP contribution in [0.5, 0.6) is 0 Å². The highest BCUT2D eigenvalue weighted by molar-refractivity contribution is 5.93. The lowest BCUT2D eigenvalue weighted by Crippen LogP contribution is -2.22. The number of rotatable bonds is 12. The molecule has 0 radical (unpaired) electrons. The van der Waals surface area contributed by atoms with Crippen molar-refractivity contribution in [2.24, 2.45) is 5.92 Å². The Bertz CT molecular complexity index is 989. The van der Waals surface area contributed by atoms with Gasteiger partial charge in [-0.1, -0.05) is 95.0 Å².